The first-order valence-electron chi connectivity index (χ1n) is 6.73. The van der Waals surface area contributed by atoms with E-state index >= 15 is 0 Å². The summed E-state index contributed by atoms with van der Waals surface area (Å²) in [5.74, 6) is -0.642. The van der Waals surface area contributed by atoms with Crippen LogP contribution in [0.2, 0.25) is 0 Å². The Hall–Kier alpha value is -2.58. The number of hydrogen-bond donors (Lipinski definition) is 3. The Kier molecular flexibility index (Phi) is 5.90. The highest BCUT2D eigenvalue weighted by molar-refractivity contribution is 5.73. The molecule has 0 aliphatic rings. The summed E-state index contributed by atoms with van der Waals surface area (Å²) >= 11 is 0. The highest BCUT2D eigenvalue weighted by Crippen LogP contribution is 2.06. The van der Waals surface area contributed by atoms with E-state index in [1.807, 2.05) is 0 Å². The first kappa shape index (κ1) is 17.5. The second-order valence-electron chi connectivity index (χ2n) is 5.56. The molecule has 0 atom stereocenters. The first-order chi connectivity index (χ1) is 10.2. The minimum atomic E-state index is -0.642. The van der Waals surface area contributed by atoms with Gasteiger partial charge in [-0.2, -0.15) is 5.10 Å². The average molecular weight is 311 g/mol. The van der Waals surface area contributed by atoms with E-state index in [9.17, 15) is 14.4 Å². The normalized spacial score (nSPS) is 10.9. The van der Waals surface area contributed by atoms with Gasteiger partial charge in [-0.1, -0.05) is 0 Å². The number of nitrogens with one attached hydrogen (secondary N) is 2. The van der Waals surface area contributed by atoms with Crippen LogP contribution in [0.15, 0.2) is 17.1 Å². The molecule has 1 heterocycles. The maximum absolute atomic E-state index is 11.6. The Bertz CT molecular complexity index is 591. The van der Waals surface area contributed by atoms with E-state index in [2.05, 4.69) is 15.7 Å². The van der Waals surface area contributed by atoms with Crippen LogP contribution in [0.3, 0.4) is 0 Å². The zero-order valence-corrected chi connectivity index (χ0v) is 12.9. The first-order valence-corrected chi connectivity index (χ1v) is 6.73. The molecule has 1 rings (SSSR count). The van der Waals surface area contributed by atoms with Crippen LogP contribution in [0.25, 0.3) is 0 Å². The van der Waals surface area contributed by atoms with Gasteiger partial charge in [0.2, 0.25) is 5.91 Å². The number of aromatic nitrogens is 2. The second kappa shape index (κ2) is 7.43. The molecule has 2 amide bonds. The zero-order valence-electron chi connectivity index (χ0n) is 12.9. The molecule has 1 aromatic rings. The van der Waals surface area contributed by atoms with Gasteiger partial charge < -0.3 is 21.1 Å². The van der Waals surface area contributed by atoms with Gasteiger partial charge >= 0.3 is 6.09 Å². The molecular weight excluding hydrogens is 290 g/mol. The second-order valence-corrected chi connectivity index (χ2v) is 5.56. The number of rotatable bonds is 6. The van der Waals surface area contributed by atoms with Gasteiger partial charge in [-0.3, -0.25) is 9.59 Å². The SMILES string of the molecule is CC(C)(C)OC(=O)NCCNc1cnn(CC(N)=O)c(=O)c1. The number of anilines is 1. The Morgan fingerprint density at radius 3 is 2.59 bits per heavy atom. The van der Waals surface area contributed by atoms with Crippen molar-refractivity contribution in [3.8, 4) is 0 Å². The fourth-order valence-corrected chi connectivity index (χ4v) is 1.48. The molecule has 122 valence electrons. The topological polar surface area (TPSA) is 128 Å². The van der Waals surface area contributed by atoms with Crippen molar-refractivity contribution >= 4 is 17.7 Å². The lowest BCUT2D eigenvalue weighted by Gasteiger charge is -2.19. The van der Waals surface area contributed by atoms with E-state index < -0.39 is 23.2 Å². The number of ether oxygens (including phenoxy) is 1. The van der Waals surface area contributed by atoms with Crippen LogP contribution in [0.5, 0.6) is 0 Å². The Morgan fingerprint density at radius 1 is 1.36 bits per heavy atom. The van der Waals surface area contributed by atoms with Crippen molar-refractivity contribution < 1.29 is 14.3 Å². The van der Waals surface area contributed by atoms with Gasteiger partial charge in [-0.25, -0.2) is 9.48 Å². The summed E-state index contributed by atoms with van der Waals surface area (Å²) in [5, 5.41) is 9.30. The molecular formula is C13H21N5O4. The minimum absolute atomic E-state index is 0.265. The molecule has 0 aromatic carbocycles. The third kappa shape index (κ3) is 6.73. The molecule has 0 saturated heterocycles. The lowest BCUT2D eigenvalue weighted by Crippen LogP contribution is -2.35. The number of nitrogens with zero attached hydrogens (tertiary/aromatic N) is 2. The average Bonchev–Trinajstić information content (AvgIpc) is 2.35. The summed E-state index contributed by atoms with van der Waals surface area (Å²) in [6.07, 6.45) is 0.891. The van der Waals surface area contributed by atoms with Crippen LogP contribution >= 0.6 is 0 Å². The van der Waals surface area contributed by atoms with E-state index in [1.54, 1.807) is 20.8 Å². The molecule has 0 spiro atoms. The molecule has 0 aliphatic heterocycles. The lowest BCUT2D eigenvalue weighted by atomic mass is 10.2. The summed E-state index contributed by atoms with van der Waals surface area (Å²) in [6.45, 7) is 5.77. The van der Waals surface area contributed by atoms with Gasteiger partial charge in [0.1, 0.15) is 12.1 Å². The van der Waals surface area contributed by atoms with E-state index in [0.717, 1.165) is 4.68 Å². The summed E-state index contributed by atoms with van der Waals surface area (Å²) in [7, 11) is 0. The van der Waals surface area contributed by atoms with Crippen molar-refractivity contribution in [1.82, 2.24) is 15.1 Å². The van der Waals surface area contributed by atoms with Crippen molar-refractivity contribution in [3.05, 3.63) is 22.6 Å². The molecule has 0 fully saturated rings. The van der Waals surface area contributed by atoms with E-state index in [0.29, 0.717) is 18.8 Å². The largest absolute Gasteiger partial charge is 0.444 e. The van der Waals surface area contributed by atoms with Crippen molar-refractivity contribution in [3.63, 3.8) is 0 Å². The molecule has 0 aliphatic carbocycles. The van der Waals surface area contributed by atoms with Gasteiger partial charge in [0.15, 0.2) is 0 Å². The number of amides is 2. The molecule has 0 unspecified atom stereocenters. The Labute approximate surface area is 127 Å². The van der Waals surface area contributed by atoms with Crippen LogP contribution in [0, 0.1) is 0 Å². The fourth-order valence-electron chi connectivity index (χ4n) is 1.48. The standard InChI is InChI=1S/C13H21N5O4/c1-13(2,3)22-12(21)16-5-4-15-9-6-11(20)18(17-7-9)8-10(14)19/h6-7,15H,4-5,8H2,1-3H3,(H2,14,19)(H,16,21). The third-order valence-electron chi connectivity index (χ3n) is 2.30. The third-order valence-corrected chi connectivity index (χ3v) is 2.30. The maximum atomic E-state index is 11.6. The van der Waals surface area contributed by atoms with Crippen LogP contribution in [0.4, 0.5) is 10.5 Å². The van der Waals surface area contributed by atoms with Crippen molar-refractivity contribution in [1.29, 1.82) is 0 Å². The number of hydrogen-bond acceptors (Lipinski definition) is 6. The highest BCUT2D eigenvalue weighted by atomic mass is 16.6. The smallest absolute Gasteiger partial charge is 0.407 e. The molecule has 9 nitrogen and oxygen atoms in total. The minimum Gasteiger partial charge on any atom is -0.444 e. The molecule has 9 heteroatoms. The number of carbonyl (C=O) groups is 2. The zero-order chi connectivity index (χ0) is 16.8. The number of carbonyl (C=O) groups excluding carboxylic acids is 2. The van der Waals surface area contributed by atoms with Gasteiger partial charge in [0, 0.05) is 19.2 Å². The number of primary amides is 1. The molecule has 22 heavy (non-hydrogen) atoms. The Balaban J connectivity index is 2.40. The number of alkyl carbamates (subject to hydrolysis) is 1. The summed E-state index contributed by atoms with van der Waals surface area (Å²) in [5.41, 5.74) is 4.49. The van der Waals surface area contributed by atoms with E-state index in [-0.39, 0.29) is 6.54 Å². The molecule has 0 saturated carbocycles. The molecule has 1 aromatic heterocycles. The summed E-state index contributed by atoms with van der Waals surface area (Å²) in [4.78, 5) is 33.8. The summed E-state index contributed by atoms with van der Waals surface area (Å²) < 4.78 is 6.04. The fraction of sp³-hybridized carbons (Fsp3) is 0.538. The lowest BCUT2D eigenvalue weighted by molar-refractivity contribution is -0.118. The monoisotopic (exact) mass is 311 g/mol. The predicted octanol–water partition coefficient (Wildman–Crippen LogP) is -0.335. The van der Waals surface area contributed by atoms with E-state index in [4.69, 9.17) is 10.5 Å². The predicted molar refractivity (Wildman–Crippen MR) is 80.4 cm³/mol. The van der Waals surface area contributed by atoms with Crippen LogP contribution in [-0.4, -0.2) is 40.5 Å². The van der Waals surface area contributed by atoms with Crippen LogP contribution in [0.1, 0.15) is 20.8 Å². The van der Waals surface area contributed by atoms with Gasteiger partial charge in [0.05, 0.1) is 11.9 Å². The van der Waals surface area contributed by atoms with Crippen molar-refractivity contribution in [2.45, 2.75) is 32.9 Å². The number of nitrogens with two attached hydrogens (primary N) is 1. The molecule has 0 radical (unpaired) electrons. The van der Waals surface area contributed by atoms with Crippen LogP contribution in [-0.2, 0) is 16.1 Å². The van der Waals surface area contributed by atoms with Crippen molar-refractivity contribution in [2.75, 3.05) is 18.4 Å². The van der Waals surface area contributed by atoms with Crippen LogP contribution < -0.4 is 21.9 Å². The van der Waals surface area contributed by atoms with Gasteiger partial charge in [-0.15, -0.1) is 0 Å². The Morgan fingerprint density at radius 2 is 2.05 bits per heavy atom. The molecule has 0 bridgehead atoms. The molecule has 4 N–H and O–H groups in total. The van der Waals surface area contributed by atoms with E-state index in [1.165, 1.54) is 12.3 Å². The highest BCUT2D eigenvalue weighted by Gasteiger charge is 2.15. The van der Waals surface area contributed by atoms with Crippen molar-refractivity contribution in [2.24, 2.45) is 5.73 Å². The van der Waals surface area contributed by atoms with Gasteiger partial charge in [-0.05, 0) is 20.8 Å². The maximum Gasteiger partial charge on any atom is 0.407 e. The van der Waals surface area contributed by atoms with Gasteiger partial charge in [0.25, 0.3) is 5.56 Å². The summed E-state index contributed by atoms with van der Waals surface area (Å²) in [6, 6.07) is 1.30. The quantitative estimate of drug-likeness (QED) is 0.617.